The molecule has 2 unspecified atom stereocenters. The molecule has 0 bridgehead atoms. The van der Waals surface area contributed by atoms with Crippen molar-refractivity contribution < 1.29 is 0 Å². The topological polar surface area (TPSA) is 0 Å². The first-order valence-corrected chi connectivity index (χ1v) is 7.65. The molecule has 2 aromatic rings. The van der Waals surface area contributed by atoms with Crippen molar-refractivity contribution in [1.82, 2.24) is 0 Å². The second-order valence-corrected chi connectivity index (χ2v) is 7.22. The number of benzene rings is 1. The van der Waals surface area contributed by atoms with Crippen LogP contribution in [0.15, 0.2) is 46.3 Å². The Morgan fingerprint density at radius 3 is 2.31 bits per heavy atom. The van der Waals surface area contributed by atoms with Crippen molar-refractivity contribution in [2.45, 2.75) is 17.7 Å². The van der Waals surface area contributed by atoms with Gasteiger partial charge in [-0.05, 0) is 39.5 Å². The van der Waals surface area contributed by atoms with Gasteiger partial charge in [-0.25, -0.2) is 0 Å². The Balaban J connectivity index is 2.19. The van der Waals surface area contributed by atoms with E-state index < -0.39 is 0 Å². The molecular weight excluding hydrogens is 348 g/mol. The summed E-state index contributed by atoms with van der Waals surface area (Å²) in [5.41, 5.74) is 1.37. The van der Waals surface area contributed by atoms with Gasteiger partial charge in [0.05, 0.1) is 8.61 Å². The minimum atomic E-state index is 0.381. The van der Waals surface area contributed by atoms with Gasteiger partial charge in [-0.2, -0.15) is 0 Å². The van der Waals surface area contributed by atoms with E-state index in [1.165, 1.54) is 14.2 Å². The molecule has 3 heteroatoms. The summed E-state index contributed by atoms with van der Waals surface area (Å²) in [5, 5.41) is 0. The molecule has 0 N–H and O–H groups in total. The summed E-state index contributed by atoms with van der Waals surface area (Å²) in [5.74, 6) is 0.478. The van der Waals surface area contributed by atoms with Gasteiger partial charge in [0.15, 0.2) is 0 Å². The predicted molar refractivity (Wildman–Crippen MR) is 78.5 cm³/mol. The molecule has 0 nitrogen and oxygen atoms in total. The fourth-order valence-electron chi connectivity index (χ4n) is 1.65. The van der Waals surface area contributed by atoms with E-state index in [1.54, 1.807) is 11.3 Å². The third-order valence-corrected chi connectivity index (χ3v) is 5.93. The molecule has 0 aliphatic heterocycles. The maximum Gasteiger partial charge on any atom is 0.0701 e. The van der Waals surface area contributed by atoms with E-state index in [0.717, 1.165) is 0 Å². The molecule has 0 aliphatic rings. The quantitative estimate of drug-likeness (QED) is 0.612. The molecule has 1 heterocycles. The lowest BCUT2D eigenvalue weighted by atomic mass is 9.97. The molecule has 2 atom stereocenters. The molecule has 0 radical (unpaired) electrons. The van der Waals surface area contributed by atoms with Crippen LogP contribution in [0, 0.1) is 0 Å². The van der Waals surface area contributed by atoms with Gasteiger partial charge in [-0.15, -0.1) is 11.3 Å². The lowest BCUT2D eigenvalue weighted by Crippen LogP contribution is -1.99. The van der Waals surface area contributed by atoms with Crippen molar-refractivity contribution in [1.29, 1.82) is 0 Å². The Hall–Kier alpha value is -0.120. The molecule has 0 aliphatic carbocycles. The minimum Gasteiger partial charge on any atom is -0.132 e. The van der Waals surface area contributed by atoms with Gasteiger partial charge >= 0.3 is 0 Å². The molecule has 84 valence electrons. The zero-order valence-corrected chi connectivity index (χ0v) is 12.8. The van der Waals surface area contributed by atoms with Gasteiger partial charge in [0.2, 0.25) is 0 Å². The Bertz CT molecular complexity index is 450. The summed E-state index contributed by atoms with van der Waals surface area (Å²) in [7, 11) is 0. The van der Waals surface area contributed by atoms with E-state index in [-0.39, 0.29) is 0 Å². The molecule has 16 heavy (non-hydrogen) atoms. The molecule has 0 saturated heterocycles. The van der Waals surface area contributed by atoms with Crippen LogP contribution in [-0.2, 0) is 0 Å². The second-order valence-electron chi connectivity index (χ2n) is 3.74. The fourth-order valence-corrected chi connectivity index (χ4v) is 3.89. The maximum atomic E-state index is 3.79. The van der Waals surface area contributed by atoms with Crippen molar-refractivity contribution >= 4 is 43.2 Å². The highest BCUT2D eigenvalue weighted by atomic mass is 79.9. The third-order valence-electron chi connectivity index (χ3n) is 2.63. The largest absolute Gasteiger partial charge is 0.132 e. The first-order valence-electron chi connectivity index (χ1n) is 5.12. The molecule has 2 rings (SSSR count). The fraction of sp³-hybridized carbons (Fsp3) is 0.231. The van der Waals surface area contributed by atoms with E-state index in [0.29, 0.717) is 10.7 Å². The summed E-state index contributed by atoms with van der Waals surface area (Å²) in [6, 6.07) is 14.9. The van der Waals surface area contributed by atoms with E-state index in [4.69, 9.17) is 0 Å². The van der Waals surface area contributed by atoms with E-state index in [2.05, 4.69) is 81.2 Å². The van der Waals surface area contributed by atoms with Crippen LogP contribution in [0.2, 0.25) is 0 Å². The van der Waals surface area contributed by atoms with E-state index in [1.807, 2.05) is 0 Å². The molecule has 1 aromatic carbocycles. The van der Waals surface area contributed by atoms with Gasteiger partial charge in [0.25, 0.3) is 0 Å². The van der Waals surface area contributed by atoms with Crippen LogP contribution in [0.5, 0.6) is 0 Å². The van der Waals surface area contributed by atoms with Crippen molar-refractivity contribution in [2.24, 2.45) is 0 Å². The van der Waals surface area contributed by atoms with E-state index >= 15 is 0 Å². The van der Waals surface area contributed by atoms with Gasteiger partial charge in [0.1, 0.15) is 0 Å². The highest BCUT2D eigenvalue weighted by Crippen LogP contribution is 2.41. The monoisotopic (exact) mass is 358 g/mol. The maximum absolute atomic E-state index is 3.79. The highest BCUT2D eigenvalue weighted by molar-refractivity contribution is 9.11. The Labute approximate surface area is 117 Å². The first-order chi connectivity index (χ1) is 7.68. The minimum absolute atomic E-state index is 0.381. The molecule has 0 spiro atoms. The lowest BCUT2D eigenvalue weighted by Gasteiger charge is -2.17. The van der Waals surface area contributed by atoms with Crippen molar-refractivity contribution in [3.05, 3.63) is 56.7 Å². The van der Waals surface area contributed by atoms with Crippen LogP contribution < -0.4 is 0 Å². The van der Waals surface area contributed by atoms with Gasteiger partial charge in [-0.1, -0.05) is 53.2 Å². The highest BCUT2D eigenvalue weighted by Gasteiger charge is 2.19. The molecule has 0 saturated carbocycles. The Morgan fingerprint density at radius 2 is 1.75 bits per heavy atom. The lowest BCUT2D eigenvalue weighted by molar-refractivity contribution is 0.761. The third kappa shape index (κ3) is 2.76. The Kier molecular flexibility index (Phi) is 4.22. The number of halogens is 2. The molecule has 0 fully saturated rings. The molecular formula is C13H12Br2S. The summed E-state index contributed by atoms with van der Waals surface area (Å²) in [4.78, 5) is 1.74. The van der Waals surface area contributed by atoms with Gasteiger partial charge < -0.3 is 0 Å². The van der Waals surface area contributed by atoms with Gasteiger partial charge in [0, 0.05) is 4.88 Å². The van der Waals surface area contributed by atoms with Crippen LogP contribution in [0.1, 0.15) is 28.1 Å². The summed E-state index contributed by atoms with van der Waals surface area (Å²) >= 11 is 9.08. The molecule has 0 amide bonds. The normalized spacial score (nSPS) is 14.7. The smallest absolute Gasteiger partial charge is 0.0701 e. The standard InChI is InChI=1S/C13H12Br2S/c1-9(10-5-3-2-4-6-10)13(15)11-7-8-12(14)16-11/h2-9,13H,1H3. The van der Waals surface area contributed by atoms with Gasteiger partial charge in [-0.3, -0.25) is 0 Å². The van der Waals surface area contributed by atoms with Crippen LogP contribution in [0.3, 0.4) is 0 Å². The second kappa shape index (κ2) is 5.48. The average molecular weight is 360 g/mol. The molecule has 1 aromatic heterocycles. The number of alkyl halides is 1. The van der Waals surface area contributed by atoms with Crippen LogP contribution in [-0.4, -0.2) is 0 Å². The number of thiophene rings is 1. The van der Waals surface area contributed by atoms with Crippen molar-refractivity contribution in [3.63, 3.8) is 0 Å². The predicted octanol–water partition coefficient (Wildman–Crippen LogP) is 5.75. The zero-order valence-electron chi connectivity index (χ0n) is 8.86. The zero-order chi connectivity index (χ0) is 11.5. The van der Waals surface area contributed by atoms with E-state index in [9.17, 15) is 0 Å². The first kappa shape index (κ1) is 12.3. The summed E-state index contributed by atoms with van der Waals surface area (Å²) in [6.07, 6.45) is 0. The Morgan fingerprint density at radius 1 is 1.06 bits per heavy atom. The van der Waals surface area contributed by atoms with Crippen LogP contribution in [0.4, 0.5) is 0 Å². The van der Waals surface area contributed by atoms with Crippen molar-refractivity contribution in [3.8, 4) is 0 Å². The average Bonchev–Trinajstić information content (AvgIpc) is 2.75. The van der Waals surface area contributed by atoms with Crippen molar-refractivity contribution in [2.75, 3.05) is 0 Å². The van der Waals surface area contributed by atoms with Crippen LogP contribution in [0.25, 0.3) is 0 Å². The van der Waals surface area contributed by atoms with Crippen LogP contribution >= 0.6 is 43.2 Å². The summed E-state index contributed by atoms with van der Waals surface area (Å²) in [6.45, 7) is 2.25. The number of hydrogen-bond acceptors (Lipinski definition) is 1. The summed E-state index contributed by atoms with van der Waals surface area (Å²) < 4.78 is 1.19. The number of rotatable bonds is 3. The SMILES string of the molecule is CC(c1ccccc1)C(Br)c1ccc(Br)s1. The number of hydrogen-bond donors (Lipinski definition) is 0.